The molecule has 0 aromatic rings. The van der Waals surface area contributed by atoms with Crippen molar-refractivity contribution in [3.05, 3.63) is 0 Å². The second kappa shape index (κ2) is 7.70. The van der Waals surface area contributed by atoms with Crippen LogP contribution in [0.1, 0.15) is 26.2 Å². The Kier molecular flexibility index (Phi) is 5.61. The lowest BCUT2D eigenvalue weighted by Gasteiger charge is -2.35. The van der Waals surface area contributed by atoms with Gasteiger partial charge in [-0.3, -0.25) is 9.69 Å². The van der Waals surface area contributed by atoms with E-state index in [0.717, 1.165) is 58.7 Å². The van der Waals surface area contributed by atoms with Gasteiger partial charge in [0, 0.05) is 51.2 Å². The van der Waals surface area contributed by atoms with Crippen LogP contribution < -0.4 is 5.73 Å². The van der Waals surface area contributed by atoms with Crippen LogP contribution in [0.25, 0.3) is 0 Å². The van der Waals surface area contributed by atoms with Gasteiger partial charge < -0.3 is 20.3 Å². The van der Waals surface area contributed by atoms with Gasteiger partial charge in [0.15, 0.2) is 0 Å². The van der Waals surface area contributed by atoms with Crippen molar-refractivity contribution < 1.29 is 14.3 Å². The Labute approximate surface area is 144 Å². The van der Waals surface area contributed by atoms with Crippen molar-refractivity contribution in [3.63, 3.8) is 0 Å². The van der Waals surface area contributed by atoms with Gasteiger partial charge in [0.2, 0.25) is 5.91 Å². The summed E-state index contributed by atoms with van der Waals surface area (Å²) in [5, 5.41) is 0. The van der Waals surface area contributed by atoms with E-state index in [0.29, 0.717) is 25.0 Å². The largest absolute Gasteiger partial charge is 0.379 e. The highest BCUT2D eigenvalue weighted by Gasteiger charge is 2.40. The minimum absolute atomic E-state index is 0.0431. The first kappa shape index (κ1) is 17.5. The number of rotatable bonds is 3. The molecule has 3 amide bonds. The Bertz CT molecular complexity index is 459. The number of carbonyl (C=O) groups is 2. The van der Waals surface area contributed by atoms with Crippen LogP contribution in [-0.2, 0) is 9.53 Å². The average molecular weight is 338 g/mol. The fourth-order valence-corrected chi connectivity index (χ4v) is 4.36. The van der Waals surface area contributed by atoms with Crippen molar-refractivity contribution in [2.45, 2.75) is 32.2 Å². The number of nitrogens with zero attached hydrogens (tertiary/aromatic N) is 3. The van der Waals surface area contributed by atoms with E-state index in [-0.39, 0.29) is 17.9 Å². The predicted molar refractivity (Wildman–Crippen MR) is 90.4 cm³/mol. The molecule has 7 heteroatoms. The second-order valence-electron chi connectivity index (χ2n) is 7.23. The number of likely N-dealkylation sites (tertiary alicyclic amines) is 2. The summed E-state index contributed by atoms with van der Waals surface area (Å²) in [6.45, 7) is 8.67. The summed E-state index contributed by atoms with van der Waals surface area (Å²) in [5.41, 5.74) is 5.32. The molecule has 3 fully saturated rings. The summed E-state index contributed by atoms with van der Waals surface area (Å²) >= 11 is 0. The molecule has 136 valence electrons. The second-order valence-corrected chi connectivity index (χ2v) is 7.23. The van der Waals surface area contributed by atoms with Crippen LogP contribution in [0, 0.1) is 11.8 Å². The number of hydrogen-bond acceptors (Lipinski definition) is 4. The molecule has 7 nitrogen and oxygen atoms in total. The molecule has 3 heterocycles. The standard InChI is InChI=1S/C17H30N4O3/c1-2-13-11-21(12-15(13)19-7-9-24-10-8-19)16(22)14-3-5-20(6-4-14)17(18)23/h13-15H,2-12H2,1H3,(H2,18,23)/t13-,15-/m0/s1. The summed E-state index contributed by atoms with van der Waals surface area (Å²) in [6, 6.07) is 0.0917. The molecule has 2 N–H and O–H groups in total. The van der Waals surface area contributed by atoms with Gasteiger partial charge in [0.05, 0.1) is 13.2 Å². The van der Waals surface area contributed by atoms with Crippen molar-refractivity contribution in [2.75, 3.05) is 52.5 Å². The molecule has 24 heavy (non-hydrogen) atoms. The fraction of sp³-hybridized carbons (Fsp3) is 0.882. The van der Waals surface area contributed by atoms with Crippen LogP contribution in [0.3, 0.4) is 0 Å². The maximum atomic E-state index is 12.9. The van der Waals surface area contributed by atoms with E-state index in [9.17, 15) is 9.59 Å². The highest BCUT2D eigenvalue weighted by Crippen LogP contribution is 2.29. The van der Waals surface area contributed by atoms with Crippen LogP contribution in [0.15, 0.2) is 0 Å². The topological polar surface area (TPSA) is 79.1 Å². The summed E-state index contributed by atoms with van der Waals surface area (Å²) in [5.74, 6) is 0.868. The number of morpholine rings is 1. The predicted octanol–water partition coefficient (Wildman–Crippen LogP) is 0.346. The number of carbonyl (C=O) groups excluding carboxylic acids is 2. The molecule has 3 rings (SSSR count). The van der Waals surface area contributed by atoms with Gasteiger partial charge in [-0.25, -0.2) is 4.79 Å². The Hall–Kier alpha value is -1.34. The zero-order chi connectivity index (χ0) is 17.1. The van der Waals surface area contributed by atoms with E-state index >= 15 is 0 Å². The number of urea groups is 1. The van der Waals surface area contributed by atoms with E-state index in [1.54, 1.807) is 4.90 Å². The first-order chi connectivity index (χ1) is 11.6. The lowest BCUT2D eigenvalue weighted by Crippen LogP contribution is -2.48. The van der Waals surface area contributed by atoms with E-state index in [4.69, 9.17) is 10.5 Å². The summed E-state index contributed by atoms with van der Waals surface area (Å²) in [6.07, 6.45) is 2.57. The monoisotopic (exact) mass is 338 g/mol. The number of amides is 3. The summed E-state index contributed by atoms with van der Waals surface area (Å²) in [4.78, 5) is 30.3. The first-order valence-corrected chi connectivity index (χ1v) is 9.25. The fourth-order valence-electron chi connectivity index (χ4n) is 4.36. The molecule has 0 saturated carbocycles. The number of nitrogens with two attached hydrogens (primary N) is 1. The van der Waals surface area contributed by atoms with Gasteiger partial charge in [0.25, 0.3) is 0 Å². The van der Waals surface area contributed by atoms with Gasteiger partial charge in [-0.1, -0.05) is 13.3 Å². The molecule has 0 aromatic heterocycles. The minimum Gasteiger partial charge on any atom is -0.379 e. The number of piperidine rings is 1. The van der Waals surface area contributed by atoms with Crippen LogP contribution in [0.5, 0.6) is 0 Å². The third-order valence-corrected chi connectivity index (χ3v) is 5.91. The first-order valence-electron chi connectivity index (χ1n) is 9.25. The third-order valence-electron chi connectivity index (χ3n) is 5.91. The molecule has 0 unspecified atom stereocenters. The van der Waals surface area contributed by atoms with E-state index in [1.165, 1.54) is 0 Å². The maximum Gasteiger partial charge on any atom is 0.314 e. The maximum absolute atomic E-state index is 12.9. The Morgan fingerprint density at radius 3 is 2.29 bits per heavy atom. The summed E-state index contributed by atoms with van der Waals surface area (Å²) in [7, 11) is 0. The molecule has 0 aliphatic carbocycles. The Balaban J connectivity index is 1.57. The van der Waals surface area contributed by atoms with Crippen molar-refractivity contribution >= 4 is 11.9 Å². The van der Waals surface area contributed by atoms with E-state index < -0.39 is 0 Å². The van der Waals surface area contributed by atoms with Crippen LogP contribution in [-0.4, -0.2) is 85.2 Å². The minimum atomic E-state index is -0.375. The van der Waals surface area contributed by atoms with E-state index in [2.05, 4.69) is 16.7 Å². The lowest BCUT2D eigenvalue weighted by molar-refractivity contribution is -0.136. The lowest BCUT2D eigenvalue weighted by atomic mass is 9.95. The molecule has 0 radical (unpaired) electrons. The molecule has 2 atom stereocenters. The molecule has 0 aromatic carbocycles. The smallest absolute Gasteiger partial charge is 0.314 e. The van der Waals surface area contributed by atoms with Gasteiger partial charge in [-0.05, 0) is 18.8 Å². The van der Waals surface area contributed by atoms with Crippen molar-refractivity contribution in [3.8, 4) is 0 Å². The Morgan fingerprint density at radius 1 is 1.04 bits per heavy atom. The number of primary amides is 1. The molecule has 3 aliphatic heterocycles. The highest BCUT2D eigenvalue weighted by molar-refractivity contribution is 5.80. The highest BCUT2D eigenvalue weighted by atomic mass is 16.5. The molecule has 3 saturated heterocycles. The zero-order valence-corrected chi connectivity index (χ0v) is 14.7. The zero-order valence-electron chi connectivity index (χ0n) is 14.7. The molecular formula is C17H30N4O3. The molecule has 0 bridgehead atoms. The van der Waals surface area contributed by atoms with Gasteiger partial charge in [-0.2, -0.15) is 0 Å². The van der Waals surface area contributed by atoms with Crippen LogP contribution in [0.4, 0.5) is 4.79 Å². The van der Waals surface area contributed by atoms with Crippen molar-refractivity contribution in [1.29, 1.82) is 0 Å². The van der Waals surface area contributed by atoms with Crippen LogP contribution >= 0.6 is 0 Å². The molecule has 0 spiro atoms. The normalized spacial score (nSPS) is 29.9. The van der Waals surface area contributed by atoms with Crippen molar-refractivity contribution in [2.24, 2.45) is 17.6 Å². The van der Waals surface area contributed by atoms with Crippen molar-refractivity contribution in [1.82, 2.24) is 14.7 Å². The van der Waals surface area contributed by atoms with Gasteiger partial charge in [-0.15, -0.1) is 0 Å². The molecular weight excluding hydrogens is 308 g/mol. The van der Waals surface area contributed by atoms with Gasteiger partial charge in [0.1, 0.15) is 0 Å². The molecule has 3 aliphatic rings. The number of ether oxygens (including phenoxy) is 1. The number of hydrogen-bond donors (Lipinski definition) is 1. The summed E-state index contributed by atoms with van der Waals surface area (Å²) < 4.78 is 5.46. The van der Waals surface area contributed by atoms with Crippen LogP contribution in [0.2, 0.25) is 0 Å². The average Bonchev–Trinajstić information content (AvgIpc) is 3.06. The Morgan fingerprint density at radius 2 is 1.71 bits per heavy atom. The van der Waals surface area contributed by atoms with E-state index in [1.807, 2.05) is 0 Å². The quantitative estimate of drug-likeness (QED) is 0.805. The SMILES string of the molecule is CC[C@H]1CN(C(=O)C2CCN(C(N)=O)CC2)C[C@@H]1N1CCOCC1. The third kappa shape index (κ3) is 3.67. The van der Waals surface area contributed by atoms with Gasteiger partial charge >= 0.3 is 6.03 Å².